The van der Waals surface area contributed by atoms with E-state index in [0.29, 0.717) is 0 Å². The highest BCUT2D eigenvalue weighted by Gasteiger charge is 1.78. The Hall–Kier alpha value is -0.130. The van der Waals surface area contributed by atoms with Crippen molar-refractivity contribution in [1.82, 2.24) is 4.90 Å². The number of thiol groups is 1. The molecule has 9 heavy (non-hydrogen) atoms. The summed E-state index contributed by atoms with van der Waals surface area (Å²) in [6, 6.07) is 0. The van der Waals surface area contributed by atoms with E-state index < -0.39 is 0 Å². The summed E-state index contributed by atoms with van der Waals surface area (Å²) in [4.78, 5) is 2.05. The average molecular weight is 143 g/mol. The smallest absolute Gasteiger partial charge is 0.0596 e. The van der Waals surface area contributed by atoms with E-state index in [1.54, 1.807) is 0 Å². The van der Waals surface area contributed by atoms with Gasteiger partial charge in [0.2, 0.25) is 0 Å². The van der Waals surface area contributed by atoms with Gasteiger partial charge in [0.15, 0.2) is 0 Å². The lowest BCUT2D eigenvalue weighted by molar-refractivity contribution is 0.463. The van der Waals surface area contributed by atoms with Gasteiger partial charge in [-0.25, -0.2) is 0 Å². The van der Waals surface area contributed by atoms with Crippen molar-refractivity contribution < 1.29 is 0 Å². The van der Waals surface area contributed by atoms with Crippen LogP contribution in [-0.2, 0) is 0 Å². The van der Waals surface area contributed by atoms with Crippen molar-refractivity contribution in [3.8, 4) is 11.8 Å². The molecule has 0 N–H and O–H groups in total. The van der Waals surface area contributed by atoms with Gasteiger partial charge in [-0.3, -0.25) is 4.90 Å². The SMILES string of the molecule is CN(C)CC#CCCS. The van der Waals surface area contributed by atoms with Gasteiger partial charge in [0, 0.05) is 12.2 Å². The predicted octanol–water partition coefficient (Wildman–Crippen LogP) is 0.871. The molecule has 0 aliphatic carbocycles. The van der Waals surface area contributed by atoms with Gasteiger partial charge in [-0.05, 0) is 14.1 Å². The third-order valence-electron chi connectivity index (χ3n) is 0.757. The molecular formula is C7H13NS. The zero-order chi connectivity index (χ0) is 7.11. The molecule has 0 atom stereocenters. The van der Waals surface area contributed by atoms with Crippen LogP contribution >= 0.6 is 12.6 Å². The first kappa shape index (κ1) is 8.87. The lowest BCUT2D eigenvalue weighted by Crippen LogP contribution is -2.10. The largest absolute Gasteiger partial charge is 0.299 e. The molecule has 0 amide bonds. The monoisotopic (exact) mass is 143 g/mol. The van der Waals surface area contributed by atoms with Crippen LogP contribution in [0.15, 0.2) is 0 Å². The van der Waals surface area contributed by atoms with Crippen LogP contribution in [0, 0.1) is 11.8 Å². The Morgan fingerprint density at radius 2 is 2.00 bits per heavy atom. The maximum atomic E-state index is 4.03. The van der Waals surface area contributed by atoms with E-state index in [4.69, 9.17) is 0 Å². The lowest BCUT2D eigenvalue weighted by Gasteiger charge is -2.00. The van der Waals surface area contributed by atoms with E-state index >= 15 is 0 Å². The second-order valence-corrected chi connectivity index (χ2v) is 2.51. The van der Waals surface area contributed by atoms with Gasteiger partial charge in [0.05, 0.1) is 6.54 Å². The Kier molecular flexibility index (Phi) is 5.91. The van der Waals surface area contributed by atoms with Gasteiger partial charge in [-0.2, -0.15) is 12.6 Å². The van der Waals surface area contributed by atoms with Crippen LogP contribution in [0.2, 0.25) is 0 Å². The van der Waals surface area contributed by atoms with Crippen LogP contribution in [0.3, 0.4) is 0 Å². The van der Waals surface area contributed by atoms with Crippen molar-refractivity contribution >= 4 is 12.6 Å². The Morgan fingerprint density at radius 3 is 2.44 bits per heavy atom. The fraction of sp³-hybridized carbons (Fsp3) is 0.714. The van der Waals surface area contributed by atoms with Crippen LogP contribution in [0.4, 0.5) is 0 Å². The molecular weight excluding hydrogens is 130 g/mol. The summed E-state index contributed by atoms with van der Waals surface area (Å²) in [6.07, 6.45) is 0.900. The molecule has 0 saturated carbocycles. The van der Waals surface area contributed by atoms with Crippen LogP contribution in [-0.4, -0.2) is 31.3 Å². The molecule has 0 heterocycles. The highest BCUT2D eigenvalue weighted by molar-refractivity contribution is 7.80. The first-order valence-corrected chi connectivity index (χ1v) is 3.62. The molecule has 0 aromatic rings. The molecule has 1 nitrogen and oxygen atoms in total. The van der Waals surface area contributed by atoms with Gasteiger partial charge in [0.1, 0.15) is 0 Å². The second-order valence-electron chi connectivity index (χ2n) is 2.06. The summed E-state index contributed by atoms with van der Waals surface area (Å²) in [5.74, 6) is 6.87. The number of hydrogen-bond acceptors (Lipinski definition) is 2. The molecule has 0 saturated heterocycles. The van der Waals surface area contributed by atoms with Crippen molar-refractivity contribution in [2.75, 3.05) is 26.4 Å². The molecule has 0 bridgehead atoms. The second kappa shape index (κ2) is 6.00. The van der Waals surface area contributed by atoms with E-state index in [2.05, 4.69) is 24.5 Å². The van der Waals surface area contributed by atoms with Gasteiger partial charge >= 0.3 is 0 Å². The average Bonchev–Trinajstić information content (AvgIpc) is 1.80. The van der Waals surface area contributed by atoms with Crippen LogP contribution in [0.5, 0.6) is 0 Å². The molecule has 0 aromatic carbocycles. The quantitative estimate of drug-likeness (QED) is 0.443. The van der Waals surface area contributed by atoms with E-state index in [1.165, 1.54) is 0 Å². The van der Waals surface area contributed by atoms with E-state index in [0.717, 1.165) is 18.7 Å². The molecule has 0 spiro atoms. The zero-order valence-electron chi connectivity index (χ0n) is 6.02. The van der Waals surface area contributed by atoms with E-state index in [-0.39, 0.29) is 0 Å². The van der Waals surface area contributed by atoms with E-state index in [1.807, 2.05) is 19.0 Å². The summed E-state index contributed by atoms with van der Waals surface area (Å²) in [6.45, 7) is 0.855. The first-order chi connectivity index (χ1) is 4.27. The molecule has 0 fully saturated rings. The minimum Gasteiger partial charge on any atom is -0.299 e. The maximum Gasteiger partial charge on any atom is 0.0596 e. The summed E-state index contributed by atoms with van der Waals surface area (Å²) in [5, 5.41) is 0. The van der Waals surface area contributed by atoms with Crippen LogP contribution in [0.1, 0.15) is 6.42 Å². The summed E-state index contributed by atoms with van der Waals surface area (Å²) < 4.78 is 0. The topological polar surface area (TPSA) is 3.24 Å². The van der Waals surface area contributed by atoms with Gasteiger partial charge in [-0.15, -0.1) is 5.92 Å². The van der Waals surface area contributed by atoms with Crippen molar-refractivity contribution in [2.24, 2.45) is 0 Å². The Bertz CT molecular complexity index is 110. The maximum absolute atomic E-state index is 4.03. The van der Waals surface area contributed by atoms with Gasteiger partial charge < -0.3 is 0 Å². The van der Waals surface area contributed by atoms with Crippen molar-refractivity contribution in [3.05, 3.63) is 0 Å². The number of hydrogen-bond donors (Lipinski definition) is 1. The molecule has 0 aliphatic heterocycles. The van der Waals surface area contributed by atoms with Crippen molar-refractivity contribution in [2.45, 2.75) is 6.42 Å². The lowest BCUT2D eigenvalue weighted by atomic mass is 10.4. The number of rotatable bonds is 2. The Balaban J connectivity index is 3.16. The fourth-order valence-corrected chi connectivity index (χ4v) is 0.470. The summed E-state index contributed by atoms with van der Waals surface area (Å²) >= 11 is 4.03. The van der Waals surface area contributed by atoms with Gasteiger partial charge in [0.25, 0.3) is 0 Å². The third kappa shape index (κ3) is 7.87. The summed E-state index contributed by atoms with van der Waals surface area (Å²) in [5.41, 5.74) is 0. The van der Waals surface area contributed by atoms with E-state index in [9.17, 15) is 0 Å². The molecule has 52 valence electrons. The molecule has 2 heteroatoms. The normalized spacial score (nSPS) is 8.89. The zero-order valence-corrected chi connectivity index (χ0v) is 6.91. The van der Waals surface area contributed by atoms with Crippen LogP contribution < -0.4 is 0 Å². The third-order valence-corrected chi connectivity index (χ3v) is 0.981. The Morgan fingerprint density at radius 1 is 1.33 bits per heavy atom. The van der Waals surface area contributed by atoms with Crippen molar-refractivity contribution in [1.29, 1.82) is 0 Å². The van der Waals surface area contributed by atoms with Crippen LogP contribution in [0.25, 0.3) is 0 Å². The Labute approximate surface area is 62.8 Å². The standard InChI is InChI=1S/C7H13NS/c1-8(2)6-4-3-5-7-9/h9H,5-7H2,1-2H3. The fourth-order valence-electron chi connectivity index (χ4n) is 0.358. The molecule has 0 unspecified atom stereocenters. The summed E-state index contributed by atoms with van der Waals surface area (Å²) in [7, 11) is 4.02. The molecule has 0 radical (unpaired) electrons. The predicted molar refractivity (Wildman–Crippen MR) is 44.8 cm³/mol. The minimum absolute atomic E-state index is 0.855. The first-order valence-electron chi connectivity index (χ1n) is 2.98. The highest BCUT2D eigenvalue weighted by Crippen LogP contribution is 1.78. The van der Waals surface area contributed by atoms with Gasteiger partial charge in [-0.1, -0.05) is 5.92 Å². The highest BCUT2D eigenvalue weighted by atomic mass is 32.1. The molecule has 0 aliphatic rings. The minimum atomic E-state index is 0.855. The molecule has 0 rings (SSSR count). The molecule has 0 aromatic heterocycles. The number of nitrogens with zero attached hydrogens (tertiary/aromatic N) is 1. The van der Waals surface area contributed by atoms with Crippen molar-refractivity contribution in [3.63, 3.8) is 0 Å².